The zero-order chi connectivity index (χ0) is 18.1. The molecule has 7 heteroatoms. The predicted octanol–water partition coefficient (Wildman–Crippen LogP) is 1.71. The third kappa shape index (κ3) is 2.28. The van der Waals surface area contributed by atoms with Crippen LogP contribution in [-0.4, -0.2) is 54.9 Å². The minimum Gasteiger partial charge on any atom is -0.833 e. The summed E-state index contributed by atoms with van der Waals surface area (Å²) in [6, 6.07) is 7.76. The van der Waals surface area contributed by atoms with Gasteiger partial charge in [0.1, 0.15) is 30.4 Å². The van der Waals surface area contributed by atoms with Crippen LogP contribution < -0.4 is 5.11 Å². The SMILES string of the molecule is C[N+]1(C)C2CC(OC(=O)C([O-])(c3cccs3)c3cccs3)CC1C1OC12. The minimum absolute atomic E-state index is 0.201. The highest BCUT2D eigenvalue weighted by molar-refractivity contribution is 7.12. The maximum absolute atomic E-state index is 13.7. The van der Waals surface area contributed by atoms with E-state index in [2.05, 4.69) is 14.1 Å². The number of hydrogen-bond donors (Lipinski definition) is 0. The molecule has 3 aliphatic heterocycles. The van der Waals surface area contributed by atoms with E-state index in [-0.39, 0.29) is 6.10 Å². The molecule has 0 radical (unpaired) electrons. The minimum atomic E-state index is -1.97. The van der Waals surface area contributed by atoms with E-state index >= 15 is 0 Å². The number of quaternary nitrogens is 1. The highest BCUT2D eigenvalue weighted by Crippen LogP contribution is 2.52. The van der Waals surface area contributed by atoms with Gasteiger partial charge in [-0.15, -0.1) is 22.7 Å². The maximum Gasteiger partial charge on any atom is 0.306 e. The lowest BCUT2D eigenvalue weighted by atomic mass is 9.95. The molecule has 2 aromatic rings. The van der Waals surface area contributed by atoms with E-state index in [0.29, 0.717) is 34.0 Å². The van der Waals surface area contributed by atoms with Crippen LogP contribution in [0.25, 0.3) is 0 Å². The molecule has 3 saturated heterocycles. The van der Waals surface area contributed by atoms with Gasteiger partial charge in [0.05, 0.1) is 19.7 Å². The Bertz CT molecular complexity index is 762. The quantitative estimate of drug-likeness (QED) is 0.452. The van der Waals surface area contributed by atoms with Gasteiger partial charge in [0.25, 0.3) is 0 Å². The van der Waals surface area contributed by atoms with Gasteiger partial charge < -0.3 is 19.1 Å². The van der Waals surface area contributed by atoms with E-state index in [4.69, 9.17) is 9.47 Å². The van der Waals surface area contributed by atoms with Gasteiger partial charge >= 0.3 is 5.97 Å². The van der Waals surface area contributed by atoms with E-state index < -0.39 is 11.6 Å². The van der Waals surface area contributed by atoms with Crippen molar-refractivity contribution in [2.24, 2.45) is 0 Å². The highest BCUT2D eigenvalue weighted by atomic mass is 32.1. The fourth-order valence-electron chi connectivity index (χ4n) is 4.82. The van der Waals surface area contributed by atoms with Crippen molar-refractivity contribution in [2.45, 2.75) is 48.8 Å². The van der Waals surface area contributed by atoms with Gasteiger partial charge in [0.2, 0.25) is 0 Å². The van der Waals surface area contributed by atoms with Crippen LogP contribution in [0.15, 0.2) is 35.0 Å². The molecule has 0 saturated carbocycles. The Morgan fingerprint density at radius 1 is 1.15 bits per heavy atom. The number of fused-ring (bicyclic) bond motifs is 5. The van der Waals surface area contributed by atoms with E-state index in [1.54, 1.807) is 24.3 Å². The van der Waals surface area contributed by atoms with Crippen molar-refractivity contribution >= 4 is 28.6 Å². The molecule has 4 atom stereocenters. The monoisotopic (exact) mass is 391 g/mol. The largest absolute Gasteiger partial charge is 0.833 e. The molecule has 138 valence electrons. The lowest BCUT2D eigenvalue weighted by Gasteiger charge is -2.46. The molecule has 0 amide bonds. The Morgan fingerprint density at radius 3 is 2.15 bits per heavy atom. The molecule has 3 fully saturated rings. The van der Waals surface area contributed by atoms with Crippen LogP contribution in [0.1, 0.15) is 22.6 Å². The number of thiophene rings is 2. The number of esters is 1. The third-order valence-corrected chi connectivity index (χ3v) is 8.28. The van der Waals surface area contributed by atoms with Crippen LogP contribution in [-0.2, 0) is 19.9 Å². The Kier molecular flexibility index (Phi) is 3.65. The standard InChI is InChI=1S/C19H21NO4S2/c1-20(2)12-9-11(10-13(20)17-16(12)24-17)23-18(21)19(22,14-5-3-7-25-14)15-6-4-8-26-15/h3-8,11-13,16-17H,9-10H2,1-2H3. The summed E-state index contributed by atoms with van der Waals surface area (Å²) in [6.07, 6.45) is 1.92. The van der Waals surface area contributed by atoms with E-state index in [0.717, 1.165) is 17.3 Å². The average molecular weight is 392 g/mol. The van der Waals surface area contributed by atoms with Crippen LogP contribution >= 0.6 is 22.7 Å². The Labute approximate surface area is 160 Å². The third-order valence-electron chi connectivity index (χ3n) is 6.34. The summed E-state index contributed by atoms with van der Waals surface area (Å²) in [5, 5.41) is 17.4. The molecule has 5 rings (SSSR count). The van der Waals surface area contributed by atoms with Crippen LogP contribution in [0, 0.1) is 0 Å². The van der Waals surface area contributed by atoms with Gasteiger partial charge in [0.15, 0.2) is 0 Å². The first-order valence-corrected chi connectivity index (χ1v) is 10.7. The molecule has 26 heavy (non-hydrogen) atoms. The van der Waals surface area contributed by atoms with Crippen molar-refractivity contribution in [1.29, 1.82) is 0 Å². The summed E-state index contributed by atoms with van der Waals surface area (Å²) >= 11 is 2.62. The smallest absolute Gasteiger partial charge is 0.306 e. The summed E-state index contributed by atoms with van der Waals surface area (Å²) < 4.78 is 12.6. The number of carbonyl (C=O) groups excluding carboxylic acids is 1. The Balaban J connectivity index is 1.40. The van der Waals surface area contributed by atoms with E-state index in [1.807, 2.05) is 10.8 Å². The maximum atomic E-state index is 13.7. The van der Waals surface area contributed by atoms with Crippen LogP contribution in [0.3, 0.4) is 0 Å². The van der Waals surface area contributed by atoms with Crippen molar-refractivity contribution in [2.75, 3.05) is 14.1 Å². The lowest BCUT2D eigenvalue weighted by Crippen LogP contribution is -2.60. The number of hydrogen-bond acceptors (Lipinski definition) is 6. The number of epoxide rings is 1. The molecule has 0 aromatic carbocycles. The van der Waals surface area contributed by atoms with Crippen LogP contribution in [0.2, 0.25) is 0 Å². The molecule has 2 aromatic heterocycles. The second-order valence-corrected chi connectivity index (χ2v) is 9.86. The zero-order valence-corrected chi connectivity index (χ0v) is 16.3. The Hall–Kier alpha value is -1.25. The van der Waals surface area contributed by atoms with Crippen molar-refractivity contribution in [3.63, 3.8) is 0 Å². The lowest BCUT2D eigenvalue weighted by molar-refractivity contribution is -0.938. The van der Waals surface area contributed by atoms with E-state index in [1.165, 1.54) is 22.7 Å². The topological polar surface area (TPSA) is 61.9 Å². The summed E-state index contributed by atoms with van der Waals surface area (Å²) in [6.45, 7) is 0. The van der Waals surface area contributed by atoms with Crippen molar-refractivity contribution in [1.82, 2.24) is 0 Å². The highest BCUT2D eigenvalue weighted by Gasteiger charge is 2.70. The number of piperidine rings is 1. The van der Waals surface area contributed by atoms with Crippen LogP contribution in [0.4, 0.5) is 0 Å². The second-order valence-electron chi connectivity index (χ2n) is 7.96. The summed E-state index contributed by atoms with van der Waals surface area (Å²) in [5.41, 5.74) is -1.97. The molecule has 5 heterocycles. The average Bonchev–Trinajstić information content (AvgIpc) is 2.98. The fraction of sp³-hybridized carbons (Fsp3) is 0.526. The summed E-state index contributed by atoms with van der Waals surface area (Å²) in [5.74, 6) is -0.673. The van der Waals surface area contributed by atoms with Crippen molar-refractivity contribution < 1.29 is 23.9 Å². The molecular formula is C19H21NO4S2. The number of carbonyl (C=O) groups is 1. The molecule has 2 bridgehead atoms. The zero-order valence-electron chi connectivity index (χ0n) is 14.7. The van der Waals surface area contributed by atoms with Crippen LogP contribution in [0.5, 0.6) is 0 Å². The van der Waals surface area contributed by atoms with Gasteiger partial charge in [-0.05, 0) is 22.9 Å². The number of ether oxygens (including phenoxy) is 2. The predicted molar refractivity (Wildman–Crippen MR) is 96.9 cm³/mol. The summed E-state index contributed by atoms with van der Waals surface area (Å²) in [7, 11) is 4.47. The molecule has 0 spiro atoms. The molecular weight excluding hydrogens is 370 g/mol. The number of nitrogens with zero attached hydrogens (tertiary/aromatic N) is 1. The van der Waals surface area contributed by atoms with Gasteiger partial charge in [-0.25, -0.2) is 0 Å². The van der Waals surface area contributed by atoms with Gasteiger partial charge in [-0.3, -0.25) is 4.79 Å². The molecule has 0 N–H and O–H groups in total. The number of likely N-dealkylation sites (N-methyl/N-ethyl adjacent to an activating group) is 1. The Morgan fingerprint density at radius 2 is 1.69 bits per heavy atom. The molecule has 5 nitrogen and oxygen atoms in total. The first-order chi connectivity index (χ1) is 12.4. The first kappa shape index (κ1) is 16.9. The van der Waals surface area contributed by atoms with Gasteiger partial charge in [0, 0.05) is 22.6 Å². The number of morpholine rings is 1. The van der Waals surface area contributed by atoms with Crippen molar-refractivity contribution in [3.05, 3.63) is 44.8 Å². The normalized spacial score (nSPS) is 34.3. The molecule has 4 unspecified atom stereocenters. The summed E-state index contributed by atoms with van der Waals surface area (Å²) in [4.78, 5) is 14.0. The first-order valence-electron chi connectivity index (χ1n) is 8.90. The second kappa shape index (κ2) is 5.62. The number of rotatable bonds is 4. The fourth-order valence-corrected chi connectivity index (χ4v) is 6.52. The molecule has 0 aliphatic carbocycles. The van der Waals surface area contributed by atoms with Gasteiger partial charge in [-0.1, -0.05) is 12.1 Å². The van der Waals surface area contributed by atoms with Gasteiger partial charge in [-0.2, -0.15) is 0 Å². The van der Waals surface area contributed by atoms with E-state index in [9.17, 15) is 9.90 Å². The van der Waals surface area contributed by atoms with Crippen molar-refractivity contribution in [3.8, 4) is 0 Å². The molecule has 3 aliphatic rings.